The third-order valence-corrected chi connectivity index (χ3v) is 5.21. The number of hydrogen-bond acceptors (Lipinski definition) is 6. The maximum atomic E-state index is 14.5. The van der Waals surface area contributed by atoms with Crippen molar-refractivity contribution >= 4 is 28.8 Å². The molecule has 1 fully saturated rings. The van der Waals surface area contributed by atoms with Gasteiger partial charge < -0.3 is 20.9 Å². The third-order valence-electron chi connectivity index (χ3n) is 4.22. The van der Waals surface area contributed by atoms with E-state index < -0.39 is 17.4 Å². The van der Waals surface area contributed by atoms with Crippen molar-refractivity contribution in [3.63, 3.8) is 0 Å². The van der Waals surface area contributed by atoms with E-state index in [1.165, 1.54) is 23.9 Å². The van der Waals surface area contributed by atoms with Gasteiger partial charge in [0, 0.05) is 22.9 Å². The second-order valence-corrected chi connectivity index (χ2v) is 6.80. The van der Waals surface area contributed by atoms with Gasteiger partial charge in [0.2, 0.25) is 0 Å². The number of hydrogen-bond donors (Lipinski definition) is 2. The van der Waals surface area contributed by atoms with Crippen molar-refractivity contribution in [2.75, 3.05) is 18.1 Å². The van der Waals surface area contributed by atoms with Crippen molar-refractivity contribution < 1.29 is 18.7 Å². The SMILES string of the molecule is CC1CC2CSC(OC(N)=O)=NC2(c2cc(N)ccc2F)CO1. The molecule has 0 radical (unpaired) electrons. The van der Waals surface area contributed by atoms with Crippen molar-refractivity contribution in [3.05, 3.63) is 29.6 Å². The predicted molar refractivity (Wildman–Crippen MR) is 86.6 cm³/mol. The highest BCUT2D eigenvalue weighted by atomic mass is 32.2. The average molecular weight is 339 g/mol. The van der Waals surface area contributed by atoms with Gasteiger partial charge in [0.15, 0.2) is 0 Å². The van der Waals surface area contributed by atoms with Crippen molar-refractivity contribution in [2.24, 2.45) is 16.6 Å². The molecule has 1 saturated heterocycles. The molecule has 1 aromatic rings. The zero-order valence-corrected chi connectivity index (χ0v) is 13.4. The van der Waals surface area contributed by atoms with Crippen LogP contribution in [0.2, 0.25) is 0 Å². The van der Waals surface area contributed by atoms with Gasteiger partial charge in [0.1, 0.15) is 11.4 Å². The number of carbonyl (C=O) groups excluding carboxylic acids is 1. The molecule has 3 atom stereocenters. The molecule has 1 aromatic carbocycles. The number of benzene rings is 1. The average Bonchev–Trinajstić information content (AvgIpc) is 2.49. The Kier molecular flexibility index (Phi) is 4.20. The minimum absolute atomic E-state index is 0.0489. The standard InChI is InChI=1S/C15H18FN3O3S/c1-8-4-9-6-23-14(22-13(18)20)19-15(9,7-21-8)11-5-10(17)2-3-12(11)16/h2-3,5,8-9H,4,6-7,17H2,1H3,(H2,18,20). The van der Waals surface area contributed by atoms with E-state index in [0.717, 1.165) is 6.42 Å². The number of anilines is 1. The predicted octanol–water partition coefficient (Wildman–Crippen LogP) is 2.23. The highest BCUT2D eigenvalue weighted by Gasteiger charge is 2.49. The smallest absolute Gasteiger partial charge is 0.399 e. The summed E-state index contributed by atoms with van der Waals surface area (Å²) in [6.07, 6.45) is -0.149. The summed E-state index contributed by atoms with van der Waals surface area (Å²) in [6, 6.07) is 4.39. The van der Waals surface area contributed by atoms with Crippen LogP contribution in [0.15, 0.2) is 23.2 Å². The minimum atomic E-state index is -0.956. The van der Waals surface area contributed by atoms with E-state index in [-0.39, 0.29) is 23.9 Å². The molecule has 23 heavy (non-hydrogen) atoms. The molecular formula is C15H18FN3O3S. The number of thioether (sulfide) groups is 1. The molecule has 0 saturated carbocycles. The molecule has 2 heterocycles. The maximum absolute atomic E-state index is 14.5. The van der Waals surface area contributed by atoms with E-state index in [1.807, 2.05) is 6.92 Å². The van der Waals surface area contributed by atoms with E-state index in [0.29, 0.717) is 17.0 Å². The van der Waals surface area contributed by atoms with Crippen molar-refractivity contribution in [2.45, 2.75) is 25.0 Å². The number of ether oxygens (including phenoxy) is 2. The topological polar surface area (TPSA) is 99.9 Å². The molecule has 2 aliphatic heterocycles. The summed E-state index contributed by atoms with van der Waals surface area (Å²) in [6.45, 7) is 2.18. The van der Waals surface area contributed by atoms with Gasteiger partial charge in [0.25, 0.3) is 5.23 Å². The molecule has 3 unspecified atom stereocenters. The van der Waals surface area contributed by atoms with Crippen LogP contribution in [0.25, 0.3) is 0 Å². The Morgan fingerprint density at radius 3 is 3.09 bits per heavy atom. The number of amides is 1. The van der Waals surface area contributed by atoms with Gasteiger partial charge in [-0.2, -0.15) is 0 Å². The molecule has 0 aromatic heterocycles. The lowest BCUT2D eigenvalue weighted by Gasteiger charge is -2.45. The van der Waals surface area contributed by atoms with Crippen LogP contribution in [0.1, 0.15) is 18.9 Å². The maximum Gasteiger partial charge on any atom is 0.411 e. The molecule has 0 bridgehead atoms. The fourth-order valence-corrected chi connectivity index (χ4v) is 4.24. The van der Waals surface area contributed by atoms with Crippen LogP contribution in [0.3, 0.4) is 0 Å². The van der Waals surface area contributed by atoms with E-state index in [4.69, 9.17) is 20.9 Å². The number of halogens is 1. The lowest BCUT2D eigenvalue weighted by atomic mass is 9.75. The second-order valence-electron chi connectivity index (χ2n) is 5.83. The van der Waals surface area contributed by atoms with Crippen molar-refractivity contribution in [3.8, 4) is 0 Å². The number of nitrogen functional groups attached to an aromatic ring is 1. The first-order valence-corrected chi connectivity index (χ1v) is 8.26. The summed E-state index contributed by atoms with van der Waals surface area (Å²) < 4.78 is 25.2. The van der Waals surface area contributed by atoms with Gasteiger partial charge in [0.05, 0.1) is 12.7 Å². The Labute approximate surface area is 137 Å². The van der Waals surface area contributed by atoms with E-state index in [2.05, 4.69) is 4.99 Å². The second kappa shape index (κ2) is 6.01. The van der Waals surface area contributed by atoms with Crippen molar-refractivity contribution in [1.82, 2.24) is 0 Å². The fraction of sp³-hybridized carbons (Fsp3) is 0.467. The van der Waals surface area contributed by atoms with E-state index >= 15 is 0 Å². The van der Waals surface area contributed by atoms with Crippen LogP contribution in [-0.2, 0) is 15.0 Å². The van der Waals surface area contributed by atoms with Crippen LogP contribution in [0.5, 0.6) is 0 Å². The van der Waals surface area contributed by atoms with Crippen LogP contribution in [0, 0.1) is 11.7 Å². The summed E-state index contributed by atoms with van der Waals surface area (Å²) in [7, 11) is 0. The summed E-state index contributed by atoms with van der Waals surface area (Å²) in [5.41, 5.74) is 10.7. The summed E-state index contributed by atoms with van der Waals surface area (Å²) in [5.74, 6) is 0.276. The molecule has 0 spiro atoms. The molecule has 6 nitrogen and oxygen atoms in total. The van der Waals surface area contributed by atoms with E-state index in [1.54, 1.807) is 6.07 Å². The molecular weight excluding hydrogens is 321 g/mol. The van der Waals surface area contributed by atoms with Gasteiger partial charge in [-0.05, 0) is 31.5 Å². The molecule has 1 amide bonds. The summed E-state index contributed by atoms with van der Waals surface area (Å²) in [4.78, 5) is 15.5. The highest BCUT2D eigenvalue weighted by molar-refractivity contribution is 8.13. The van der Waals surface area contributed by atoms with Gasteiger partial charge in [-0.1, -0.05) is 11.8 Å². The number of primary amides is 1. The highest BCUT2D eigenvalue weighted by Crippen LogP contribution is 2.47. The Morgan fingerprint density at radius 2 is 2.35 bits per heavy atom. The Bertz CT molecular complexity index is 669. The van der Waals surface area contributed by atoms with Crippen LogP contribution < -0.4 is 11.5 Å². The normalized spacial score (nSPS) is 30.3. The largest absolute Gasteiger partial charge is 0.411 e. The zero-order valence-electron chi connectivity index (χ0n) is 12.6. The van der Waals surface area contributed by atoms with Gasteiger partial charge in [-0.3, -0.25) is 0 Å². The number of rotatable bonds is 1. The lowest BCUT2D eigenvalue weighted by molar-refractivity contribution is -0.0482. The van der Waals surface area contributed by atoms with Gasteiger partial charge in [-0.15, -0.1) is 0 Å². The zero-order chi connectivity index (χ0) is 16.6. The van der Waals surface area contributed by atoms with Crippen LogP contribution >= 0.6 is 11.8 Å². The number of fused-ring (bicyclic) bond motifs is 1. The minimum Gasteiger partial charge on any atom is -0.399 e. The van der Waals surface area contributed by atoms with Gasteiger partial charge >= 0.3 is 6.09 Å². The molecule has 2 aliphatic rings. The quantitative estimate of drug-likeness (QED) is 0.764. The molecule has 3 rings (SSSR count). The number of nitrogens with two attached hydrogens (primary N) is 2. The third kappa shape index (κ3) is 3.00. The molecule has 4 N–H and O–H groups in total. The Hall–Kier alpha value is -1.80. The van der Waals surface area contributed by atoms with Gasteiger partial charge in [-0.25, -0.2) is 14.2 Å². The first-order chi connectivity index (χ1) is 10.9. The Morgan fingerprint density at radius 1 is 1.57 bits per heavy atom. The molecule has 8 heteroatoms. The first kappa shape index (κ1) is 16.1. The summed E-state index contributed by atoms with van der Waals surface area (Å²) in [5, 5.41) is 0.133. The lowest BCUT2D eigenvalue weighted by Crippen LogP contribution is -2.49. The van der Waals surface area contributed by atoms with E-state index in [9.17, 15) is 9.18 Å². The monoisotopic (exact) mass is 339 g/mol. The molecule has 0 aliphatic carbocycles. The van der Waals surface area contributed by atoms with Crippen LogP contribution in [-0.4, -0.2) is 29.8 Å². The first-order valence-electron chi connectivity index (χ1n) is 7.28. The van der Waals surface area contributed by atoms with Crippen LogP contribution in [0.4, 0.5) is 14.9 Å². The Balaban J connectivity index is 2.10. The fourth-order valence-electron chi connectivity index (χ4n) is 3.12. The number of nitrogens with zero attached hydrogens (tertiary/aromatic N) is 1. The summed E-state index contributed by atoms with van der Waals surface area (Å²) >= 11 is 1.30. The number of carbonyl (C=O) groups is 1. The van der Waals surface area contributed by atoms with Crippen molar-refractivity contribution in [1.29, 1.82) is 0 Å². The molecule has 124 valence electrons. The number of aliphatic imine (C=N–C) groups is 1.